The monoisotopic (exact) mass is 298 g/mol. The molecule has 0 N–H and O–H groups in total. The first-order valence-electron chi connectivity index (χ1n) is 6.76. The van der Waals surface area contributed by atoms with Crippen molar-refractivity contribution >= 4 is 16.9 Å². The van der Waals surface area contributed by atoms with Gasteiger partial charge < -0.3 is 9.47 Å². The second-order valence-corrected chi connectivity index (χ2v) is 4.44. The number of aromatic nitrogens is 4. The normalized spacial score (nSPS) is 10.6. The number of fused-ring (bicyclic) bond motifs is 1. The van der Waals surface area contributed by atoms with Gasteiger partial charge in [0.05, 0.1) is 36.4 Å². The van der Waals surface area contributed by atoms with Crippen LogP contribution in [0.5, 0.6) is 5.88 Å². The summed E-state index contributed by atoms with van der Waals surface area (Å²) in [7, 11) is 1.55. The number of esters is 1. The molecule has 0 saturated carbocycles. The number of benzene rings is 1. The highest BCUT2D eigenvalue weighted by Gasteiger charge is 2.13. The Labute approximate surface area is 126 Å². The van der Waals surface area contributed by atoms with E-state index in [-0.39, 0.29) is 0 Å². The van der Waals surface area contributed by atoms with Crippen LogP contribution in [0.4, 0.5) is 0 Å². The molecule has 2 heterocycles. The Morgan fingerprint density at radius 3 is 2.86 bits per heavy atom. The number of carbonyl (C=O) groups excluding carboxylic acids is 1. The van der Waals surface area contributed by atoms with Gasteiger partial charge >= 0.3 is 5.97 Å². The number of carbonyl (C=O) groups is 1. The fraction of sp³-hybridized carbons (Fsp3) is 0.200. The van der Waals surface area contributed by atoms with Gasteiger partial charge in [-0.15, -0.1) is 0 Å². The van der Waals surface area contributed by atoms with E-state index in [0.29, 0.717) is 24.0 Å². The topological polar surface area (TPSA) is 79.1 Å². The van der Waals surface area contributed by atoms with Crippen LogP contribution in [0.2, 0.25) is 0 Å². The summed E-state index contributed by atoms with van der Waals surface area (Å²) in [5.41, 5.74) is 1.08. The molecule has 3 rings (SSSR count). The number of methoxy groups -OCH3 is 1. The molecule has 0 aliphatic carbocycles. The molecule has 22 heavy (non-hydrogen) atoms. The molecule has 0 spiro atoms. The van der Waals surface area contributed by atoms with Gasteiger partial charge in [0, 0.05) is 6.20 Å². The van der Waals surface area contributed by atoms with E-state index in [9.17, 15) is 4.79 Å². The van der Waals surface area contributed by atoms with E-state index < -0.39 is 5.97 Å². The SMILES string of the molecule is CCOC(=O)c1cnn(-c2nc(OC)c3ccccc3n2)c1. The predicted octanol–water partition coefficient (Wildman–Crippen LogP) is 2.00. The second-order valence-electron chi connectivity index (χ2n) is 4.44. The smallest absolute Gasteiger partial charge is 0.341 e. The number of para-hydroxylation sites is 1. The summed E-state index contributed by atoms with van der Waals surface area (Å²) < 4.78 is 11.7. The summed E-state index contributed by atoms with van der Waals surface area (Å²) in [5, 5.41) is 4.92. The van der Waals surface area contributed by atoms with Crippen molar-refractivity contribution < 1.29 is 14.3 Å². The molecule has 0 amide bonds. The Balaban J connectivity index is 2.05. The van der Waals surface area contributed by atoms with Crippen LogP contribution >= 0.6 is 0 Å². The fourth-order valence-corrected chi connectivity index (χ4v) is 2.05. The highest BCUT2D eigenvalue weighted by Crippen LogP contribution is 2.22. The Morgan fingerprint density at radius 2 is 2.09 bits per heavy atom. The molecular weight excluding hydrogens is 284 g/mol. The Hall–Kier alpha value is -2.96. The first-order valence-corrected chi connectivity index (χ1v) is 6.76. The van der Waals surface area contributed by atoms with Gasteiger partial charge in [-0.1, -0.05) is 12.1 Å². The van der Waals surface area contributed by atoms with E-state index in [1.807, 2.05) is 24.3 Å². The minimum Gasteiger partial charge on any atom is -0.480 e. The third-order valence-corrected chi connectivity index (χ3v) is 3.05. The van der Waals surface area contributed by atoms with Crippen molar-refractivity contribution in [2.24, 2.45) is 0 Å². The summed E-state index contributed by atoms with van der Waals surface area (Å²) in [5.74, 6) is 0.349. The quantitative estimate of drug-likeness (QED) is 0.685. The predicted molar refractivity (Wildman–Crippen MR) is 79.2 cm³/mol. The highest BCUT2D eigenvalue weighted by atomic mass is 16.5. The molecule has 1 aromatic carbocycles. The minimum absolute atomic E-state index is 0.310. The van der Waals surface area contributed by atoms with Gasteiger partial charge in [0.15, 0.2) is 0 Å². The van der Waals surface area contributed by atoms with E-state index in [1.54, 1.807) is 14.0 Å². The maximum Gasteiger partial charge on any atom is 0.341 e. The largest absolute Gasteiger partial charge is 0.480 e. The average Bonchev–Trinajstić information content (AvgIpc) is 3.04. The Morgan fingerprint density at radius 1 is 1.27 bits per heavy atom. The molecule has 2 aromatic heterocycles. The lowest BCUT2D eigenvalue weighted by Crippen LogP contribution is -2.05. The standard InChI is InChI=1S/C15H14N4O3/c1-3-22-14(20)10-8-16-19(9-10)15-17-12-7-5-4-6-11(12)13(18-15)21-2/h4-9H,3H2,1-2H3. The highest BCUT2D eigenvalue weighted by molar-refractivity contribution is 5.89. The van der Waals surface area contributed by atoms with Crippen molar-refractivity contribution in [1.82, 2.24) is 19.7 Å². The van der Waals surface area contributed by atoms with E-state index in [0.717, 1.165) is 10.9 Å². The molecule has 0 bridgehead atoms. The van der Waals surface area contributed by atoms with E-state index >= 15 is 0 Å². The molecule has 0 saturated heterocycles. The minimum atomic E-state index is -0.429. The molecule has 7 heteroatoms. The van der Waals surface area contributed by atoms with Crippen molar-refractivity contribution in [2.75, 3.05) is 13.7 Å². The first kappa shape index (κ1) is 14.0. The maximum absolute atomic E-state index is 11.7. The van der Waals surface area contributed by atoms with Gasteiger partial charge in [-0.05, 0) is 19.1 Å². The molecule has 0 atom stereocenters. The summed E-state index contributed by atoms with van der Waals surface area (Å²) in [6.07, 6.45) is 2.95. The molecule has 0 fully saturated rings. The third kappa shape index (κ3) is 2.48. The van der Waals surface area contributed by atoms with Crippen LogP contribution in [0, 0.1) is 0 Å². The van der Waals surface area contributed by atoms with Crippen LogP contribution in [0.3, 0.4) is 0 Å². The summed E-state index contributed by atoms with van der Waals surface area (Å²) in [6.45, 7) is 2.06. The molecule has 7 nitrogen and oxygen atoms in total. The zero-order chi connectivity index (χ0) is 15.5. The number of nitrogens with zero attached hydrogens (tertiary/aromatic N) is 4. The molecule has 0 aliphatic rings. The van der Waals surface area contributed by atoms with Gasteiger partial charge in [0.2, 0.25) is 5.88 Å². The van der Waals surface area contributed by atoms with E-state index in [2.05, 4.69) is 15.1 Å². The van der Waals surface area contributed by atoms with Crippen molar-refractivity contribution in [3.8, 4) is 11.8 Å². The number of ether oxygens (including phenoxy) is 2. The van der Waals surface area contributed by atoms with E-state index in [4.69, 9.17) is 9.47 Å². The molecule has 0 radical (unpaired) electrons. The molecule has 3 aromatic rings. The van der Waals surface area contributed by atoms with Crippen LogP contribution in [0.25, 0.3) is 16.9 Å². The lowest BCUT2D eigenvalue weighted by molar-refractivity contribution is 0.0526. The number of hydrogen-bond acceptors (Lipinski definition) is 6. The average molecular weight is 298 g/mol. The van der Waals surface area contributed by atoms with Gasteiger partial charge in [0.1, 0.15) is 0 Å². The third-order valence-electron chi connectivity index (χ3n) is 3.05. The lowest BCUT2D eigenvalue weighted by atomic mass is 10.2. The van der Waals surface area contributed by atoms with Crippen molar-refractivity contribution in [1.29, 1.82) is 0 Å². The summed E-state index contributed by atoms with van der Waals surface area (Å²) >= 11 is 0. The van der Waals surface area contributed by atoms with Gasteiger partial charge in [-0.2, -0.15) is 10.1 Å². The number of rotatable bonds is 4. The lowest BCUT2D eigenvalue weighted by Gasteiger charge is -2.06. The van der Waals surface area contributed by atoms with E-state index in [1.165, 1.54) is 17.1 Å². The van der Waals surface area contributed by atoms with Crippen molar-refractivity contribution in [3.63, 3.8) is 0 Å². The van der Waals surface area contributed by atoms with Gasteiger partial charge in [-0.25, -0.2) is 14.5 Å². The van der Waals surface area contributed by atoms with Crippen LogP contribution in [0.1, 0.15) is 17.3 Å². The van der Waals surface area contributed by atoms with Crippen LogP contribution in [-0.4, -0.2) is 39.4 Å². The first-order chi connectivity index (χ1) is 10.7. The molecule has 0 unspecified atom stereocenters. The van der Waals surface area contributed by atoms with Crippen LogP contribution in [-0.2, 0) is 4.74 Å². The van der Waals surface area contributed by atoms with Crippen LogP contribution < -0.4 is 4.74 Å². The fourth-order valence-electron chi connectivity index (χ4n) is 2.05. The van der Waals surface area contributed by atoms with Gasteiger partial charge in [0.25, 0.3) is 5.95 Å². The molecule has 0 aliphatic heterocycles. The zero-order valence-electron chi connectivity index (χ0n) is 12.2. The van der Waals surface area contributed by atoms with Gasteiger partial charge in [-0.3, -0.25) is 0 Å². The zero-order valence-corrected chi connectivity index (χ0v) is 12.2. The Kier molecular flexibility index (Phi) is 3.69. The number of hydrogen-bond donors (Lipinski definition) is 0. The summed E-state index contributed by atoms with van der Waals surface area (Å²) in [6, 6.07) is 7.51. The second kappa shape index (κ2) is 5.80. The Bertz CT molecular complexity index is 829. The maximum atomic E-state index is 11.7. The van der Waals surface area contributed by atoms with Crippen LogP contribution in [0.15, 0.2) is 36.7 Å². The molecular formula is C15H14N4O3. The van der Waals surface area contributed by atoms with Crippen molar-refractivity contribution in [2.45, 2.75) is 6.92 Å². The van der Waals surface area contributed by atoms with Crippen molar-refractivity contribution in [3.05, 3.63) is 42.2 Å². The molecule has 112 valence electrons. The summed E-state index contributed by atoms with van der Waals surface area (Å²) in [4.78, 5) is 20.4.